The number of nitrogens with zero attached hydrogens (tertiary/aromatic N) is 1. The number of aryl methyl sites for hydroxylation is 2. The van der Waals surface area contributed by atoms with E-state index in [2.05, 4.69) is 17.4 Å². The van der Waals surface area contributed by atoms with Crippen molar-refractivity contribution >= 4 is 15.9 Å². The van der Waals surface area contributed by atoms with Gasteiger partial charge in [-0.2, -0.15) is 4.31 Å². The number of carbonyl (C=O) groups is 1. The van der Waals surface area contributed by atoms with E-state index in [9.17, 15) is 13.2 Å². The van der Waals surface area contributed by atoms with E-state index in [1.807, 2.05) is 30.3 Å². The molecule has 2 aromatic carbocycles. The molecule has 0 aromatic heterocycles. The molecular weight excluding hydrogens is 408 g/mol. The van der Waals surface area contributed by atoms with Gasteiger partial charge in [0.1, 0.15) is 0 Å². The third kappa shape index (κ3) is 4.28. The second kappa shape index (κ2) is 8.40. The average Bonchev–Trinajstić information content (AvgIpc) is 3.53. The van der Waals surface area contributed by atoms with Crippen LogP contribution in [0.2, 0.25) is 0 Å². The highest BCUT2D eigenvalue weighted by atomic mass is 32.2. The zero-order chi connectivity index (χ0) is 21.4. The van der Waals surface area contributed by atoms with Gasteiger partial charge in [-0.05, 0) is 79.7 Å². The molecular formula is C25H30N2O3S. The summed E-state index contributed by atoms with van der Waals surface area (Å²) in [5, 5.41) is 3.27. The summed E-state index contributed by atoms with van der Waals surface area (Å²) in [6, 6.07) is 15.8. The molecule has 1 saturated heterocycles. The standard InChI is InChI=1S/C25H30N2O3S/c28-25(26-24(20-9-10-20)19-5-2-1-3-6-19)21-13-15-27(16-14-21)31(29,30)23-12-11-18-7-4-8-22(18)17-23/h1-3,5-6,11-12,17,20-21,24H,4,7-10,13-16H2,(H,26,28). The largest absolute Gasteiger partial charge is 0.349 e. The van der Waals surface area contributed by atoms with Crippen LogP contribution in [0.25, 0.3) is 0 Å². The molecule has 6 heteroatoms. The molecule has 3 aliphatic rings. The Morgan fingerprint density at radius 3 is 2.35 bits per heavy atom. The molecule has 1 atom stereocenters. The molecule has 5 rings (SSSR count). The van der Waals surface area contributed by atoms with E-state index in [0.29, 0.717) is 36.7 Å². The summed E-state index contributed by atoms with van der Waals surface area (Å²) in [6.07, 6.45) is 6.55. The van der Waals surface area contributed by atoms with Gasteiger partial charge in [0, 0.05) is 19.0 Å². The van der Waals surface area contributed by atoms with Crippen molar-refractivity contribution in [3.63, 3.8) is 0 Å². The van der Waals surface area contributed by atoms with E-state index in [1.54, 1.807) is 10.4 Å². The van der Waals surface area contributed by atoms with Gasteiger partial charge in [0.15, 0.2) is 0 Å². The number of rotatable bonds is 6. The Morgan fingerprint density at radius 2 is 1.65 bits per heavy atom. The van der Waals surface area contributed by atoms with Gasteiger partial charge in [-0.1, -0.05) is 36.4 Å². The summed E-state index contributed by atoms with van der Waals surface area (Å²) in [4.78, 5) is 13.4. The minimum Gasteiger partial charge on any atom is -0.349 e. The number of sulfonamides is 1. The number of piperidine rings is 1. The molecule has 1 heterocycles. The summed E-state index contributed by atoms with van der Waals surface area (Å²) in [5.74, 6) is 0.457. The Morgan fingerprint density at radius 1 is 0.935 bits per heavy atom. The lowest BCUT2D eigenvalue weighted by molar-refractivity contribution is -0.127. The van der Waals surface area contributed by atoms with Crippen LogP contribution in [0, 0.1) is 11.8 Å². The molecule has 0 bridgehead atoms. The van der Waals surface area contributed by atoms with Crippen LogP contribution in [-0.2, 0) is 27.7 Å². The van der Waals surface area contributed by atoms with Crippen LogP contribution in [-0.4, -0.2) is 31.7 Å². The predicted molar refractivity (Wildman–Crippen MR) is 120 cm³/mol. The van der Waals surface area contributed by atoms with Crippen molar-refractivity contribution < 1.29 is 13.2 Å². The van der Waals surface area contributed by atoms with Crippen molar-refractivity contribution in [2.45, 2.75) is 55.9 Å². The fourth-order valence-corrected chi connectivity index (χ4v) is 6.57. The second-order valence-electron chi connectivity index (χ2n) is 9.20. The highest BCUT2D eigenvalue weighted by molar-refractivity contribution is 7.89. The van der Waals surface area contributed by atoms with E-state index in [-0.39, 0.29) is 17.9 Å². The molecule has 0 radical (unpaired) electrons. The van der Waals surface area contributed by atoms with Crippen molar-refractivity contribution in [1.29, 1.82) is 0 Å². The molecule has 5 nitrogen and oxygen atoms in total. The van der Waals surface area contributed by atoms with Crippen molar-refractivity contribution in [3.05, 3.63) is 65.2 Å². The summed E-state index contributed by atoms with van der Waals surface area (Å²) < 4.78 is 27.9. The maximum absolute atomic E-state index is 13.1. The van der Waals surface area contributed by atoms with Gasteiger partial charge in [0.25, 0.3) is 0 Å². The van der Waals surface area contributed by atoms with E-state index >= 15 is 0 Å². The molecule has 1 unspecified atom stereocenters. The van der Waals surface area contributed by atoms with E-state index in [1.165, 1.54) is 11.1 Å². The number of fused-ring (bicyclic) bond motifs is 1. The third-order valence-electron chi connectivity index (χ3n) is 7.08. The Bertz CT molecular complexity index is 1060. The van der Waals surface area contributed by atoms with Crippen molar-refractivity contribution in [2.75, 3.05) is 13.1 Å². The van der Waals surface area contributed by atoms with Crippen LogP contribution in [0.3, 0.4) is 0 Å². The molecule has 2 aliphatic carbocycles. The number of amides is 1. The minimum absolute atomic E-state index is 0.0651. The number of nitrogens with one attached hydrogen (secondary N) is 1. The SMILES string of the molecule is O=C(NC(c1ccccc1)C1CC1)C1CCN(S(=O)(=O)c2ccc3c(c2)CCC3)CC1. The van der Waals surface area contributed by atoms with Gasteiger partial charge in [-0.15, -0.1) is 0 Å². The van der Waals surface area contributed by atoms with Crippen molar-refractivity contribution in [3.8, 4) is 0 Å². The summed E-state index contributed by atoms with van der Waals surface area (Å²) in [7, 11) is -3.50. The lowest BCUT2D eigenvalue weighted by atomic mass is 9.95. The van der Waals surface area contributed by atoms with Gasteiger partial charge >= 0.3 is 0 Å². The maximum atomic E-state index is 13.1. The fraction of sp³-hybridized carbons (Fsp3) is 0.480. The fourth-order valence-electron chi connectivity index (χ4n) is 5.05. The number of hydrogen-bond donors (Lipinski definition) is 1. The molecule has 1 saturated carbocycles. The Labute approximate surface area is 184 Å². The zero-order valence-corrected chi connectivity index (χ0v) is 18.6. The first kappa shape index (κ1) is 20.7. The Hall–Kier alpha value is -2.18. The highest BCUT2D eigenvalue weighted by Crippen LogP contribution is 2.41. The average molecular weight is 439 g/mol. The topological polar surface area (TPSA) is 66.5 Å². The predicted octanol–water partition coefficient (Wildman–Crippen LogP) is 3.84. The lowest BCUT2D eigenvalue weighted by Crippen LogP contribution is -2.44. The number of hydrogen-bond acceptors (Lipinski definition) is 3. The van der Waals surface area contributed by atoms with Crippen LogP contribution in [0.5, 0.6) is 0 Å². The molecule has 2 fully saturated rings. The molecule has 1 amide bonds. The van der Waals surface area contributed by atoms with Crippen LogP contribution >= 0.6 is 0 Å². The number of benzene rings is 2. The molecule has 1 aliphatic heterocycles. The third-order valence-corrected chi connectivity index (χ3v) is 8.98. The molecule has 164 valence electrons. The van der Waals surface area contributed by atoms with Gasteiger partial charge < -0.3 is 5.32 Å². The van der Waals surface area contributed by atoms with Crippen LogP contribution in [0.4, 0.5) is 0 Å². The Balaban J connectivity index is 1.22. The first-order chi connectivity index (χ1) is 15.0. The van der Waals surface area contributed by atoms with Gasteiger partial charge in [-0.3, -0.25) is 4.79 Å². The molecule has 1 N–H and O–H groups in total. The summed E-state index contributed by atoms with van der Waals surface area (Å²) in [5.41, 5.74) is 3.61. The minimum atomic E-state index is -3.50. The highest BCUT2D eigenvalue weighted by Gasteiger charge is 2.37. The van der Waals surface area contributed by atoms with Crippen LogP contribution in [0.1, 0.15) is 54.8 Å². The van der Waals surface area contributed by atoms with Gasteiger partial charge in [-0.25, -0.2) is 8.42 Å². The zero-order valence-electron chi connectivity index (χ0n) is 17.8. The first-order valence-corrected chi connectivity index (χ1v) is 12.9. The first-order valence-electron chi connectivity index (χ1n) is 11.5. The van der Waals surface area contributed by atoms with Crippen LogP contribution in [0.15, 0.2) is 53.4 Å². The Kier molecular flexibility index (Phi) is 5.61. The smallest absolute Gasteiger partial charge is 0.243 e. The summed E-state index contributed by atoms with van der Waals surface area (Å²) in [6.45, 7) is 0.799. The van der Waals surface area contributed by atoms with Crippen LogP contribution < -0.4 is 5.32 Å². The summed E-state index contributed by atoms with van der Waals surface area (Å²) >= 11 is 0. The monoisotopic (exact) mass is 438 g/mol. The lowest BCUT2D eigenvalue weighted by Gasteiger charge is -2.31. The molecule has 31 heavy (non-hydrogen) atoms. The van der Waals surface area contributed by atoms with Crippen molar-refractivity contribution in [1.82, 2.24) is 9.62 Å². The normalized spacial score (nSPS) is 20.9. The van der Waals surface area contributed by atoms with Gasteiger partial charge in [0.2, 0.25) is 15.9 Å². The number of carbonyl (C=O) groups excluding carboxylic acids is 1. The van der Waals surface area contributed by atoms with E-state index in [0.717, 1.165) is 37.7 Å². The van der Waals surface area contributed by atoms with E-state index in [4.69, 9.17) is 0 Å². The quantitative estimate of drug-likeness (QED) is 0.745. The maximum Gasteiger partial charge on any atom is 0.243 e. The van der Waals surface area contributed by atoms with Gasteiger partial charge in [0.05, 0.1) is 10.9 Å². The van der Waals surface area contributed by atoms with E-state index < -0.39 is 10.0 Å². The van der Waals surface area contributed by atoms with Crippen molar-refractivity contribution in [2.24, 2.45) is 11.8 Å². The molecule has 0 spiro atoms. The second-order valence-corrected chi connectivity index (χ2v) is 11.1. The molecule has 2 aromatic rings.